The monoisotopic (exact) mass is 291 g/mol. The molecule has 0 aromatic carbocycles. The molecule has 2 aromatic rings. The van der Waals surface area contributed by atoms with Crippen LogP contribution in [0.1, 0.15) is 25.9 Å². The normalized spacial score (nSPS) is 10.8. The van der Waals surface area contributed by atoms with E-state index in [2.05, 4.69) is 15.3 Å². The predicted octanol–water partition coefficient (Wildman–Crippen LogP) is 1.81. The molecule has 0 saturated carbocycles. The van der Waals surface area contributed by atoms with E-state index in [9.17, 15) is 9.59 Å². The molecule has 0 spiro atoms. The zero-order chi connectivity index (χ0) is 14.5. The van der Waals surface area contributed by atoms with Gasteiger partial charge in [-0.3, -0.25) is 4.79 Å². The van der Waals surface area contributed by atoms with Crippen molar-refractivity contribution in [1.29, 1.82) is 0 Å². The summed E-state index contributed by atoms with van der Waals surface area (Å²) in [4.78, 5) is 30.7. The maximum absolute atomic E-state index is 12.0. The van der Waals surface area contributed by atoms with Gasteiger partial charge in [-0.1, -0.05) is 0 Å². The fraction of sp³-hybridized carbons (Fsp3) is 0.154. The molecule has 104 valence electrons. The maximum Gasteiger partial charge on any atom is 0.328 e. The number of carboxylic acid groups (broad SMARTS) is 1. The molecule has 0 aliphatic carbocycles. The number of aryl methyl sites for hydroxylation is 1. The number of hydrogen-bond acceptors (Lipinski definition) is 4. The minimum atomic E-state index is -1.01. The summed E-state index contributed by atoms with van der Waals surface area (Å²) in [6.45, 7) is 2.16. The SMILES string of the molecule is Cc1cc(C(=O)NCc2ncc[nH]2)sc1/C=C/C(=O)O. The highest BCUT2D eigenvalue weighted by Gasteiger charge is 2.11. The number of imidazole rings is 1. The van der Waals surface area contributed by atoms with E-state index in [1.807, 2.05) is 6.92 Å². The molecule has 6 nitrogen and oxygen atoms in total. The van der Waals surface area contributed by atoms with Crippen molar-refractivity contribution < 1.29 is 14.7 Å². The van der Waals surface area contributed by atoms with E-state index in [1.54, 1.807) is 18.5 Å². The topological polar surface area (TPSA) is 95.1 Å². The Morgan fingerprint density at radius 2 is 2.35 bits per heavy atom. The highest BCUT2D eigenvalue weighted by atomic mass is 32.1. The molecule has 3 N–H and O–H groups in total. The number of nitrogens with one attached hydrogen (secondary N) is 2. The van der Waals surface area contributed by atoms with Gasteiger partial charge in [0, 0.05) is 23.3 Å². The van der Waals surface area contributed by atoms with Crippen molar-refractivity contribution in [1.82, 2.24) is 15.3 Å². The summed E-state index contributed by atoms with van der Waals surface area (Å²) in [6, 6.07) is 1.74. The van der Waals surface area contributed by atoms with Crippen LogP contribution in [-0.2, 0) is 11.3 Å². The van der Waals surface area contributed by atoms with Gasteiger partial charge in [-0.25, -0.2) is 9.78 Å². The molecular weight excluding hydrogens is 278 g/mol. The summed E-state index contributed by atoms with van der Waals surface area (Å²) < 4.78 is 0. The lowest BCUT2D eigenvalue weighted by Gasteiger charge is -2.00. The van der Waals surface area contributed by atoms with E-state index in [0.29, 0.717) is 17.2 Å². The van der Waals surface area contributed by atoms with E-state index in [0.717, 1.165) is 16.5 Å². The summed E-state index contributed by atoms with van der Waals surface area (Å²) in [7, 11) is 0. The minimum Gasteiger partial charge on any atom is -0.478 e. The van der Waals surface area contributed by atoms with Crippen LogP contribution in [0, 0.1) is 6.92 Å². The van der Waals surface area contributed by atoms with Crippen LogP contribution in [0.5, 0.6) is 0 Å². The van der Waals surface area contributed by atoms with Crippen molar-refractivity contribution in [3.05, 3.63) is 45.7 Å². The Morgan fingerprint density at radius 3 is 3.00 bits per heavy atom. The van der Waals surface area contributed by atoms with Gasteiger partial charge >= 0.3 is 5.97 Å². The molecule has 0 aliphatic rings. The molecule has 0 saturated heterocycles. The average Bonchev–Trinajstić information content (AvgIpc) is 3.03. The lowest BCUT2D eigenvalue weighted by atomic mass is 10.2. The number of carbonyl (C=O) groups is 2. The standard InChI is InChI=1S/C13H13N3O3S/c1-8-6-10(20-9(8)2-3-12(17)18)13(19)16-7-11-14-4-5-15-11/h2-6H,7H2,1H3,(H,14,15)(H,16,19)(H,17,18)/b3-2+. The number of hydrogen-bond donors (Lipinski definition) is 3. The molecule has 0 bridgehead atoms. The van der Waals surface area contributed by atoms with E-state index in [1.165, 1.54) is 17.4 Å². The highest BCUT2D eigenvalue weighted by molar-refractivity contribution is 7.15. The van der Waals surface area contributed by atoms with Crippen molar-refractivity contribution in [3.63, 3.8) is 0 Å². The lowest BCUT2D eigenvalue weighted by molar-refractivity contribution is -0.131. The Balaban J connectivity index is 2.03. The third-order valence-electron chi connectivity index (χ3n) is 2.53. The van der Waals surface area contributed by atoms with Crippen LogP contribution in [0.15, 0.2) is 24.5 Å². The molecular formula is C13H13N3O3S. The van der Waals surface area contributed by atoms with Gasteiger partial charge in [0.05, 0.1) is 11.4 Å². The molecule has 0 aliphatic heterocycles. The molecule has 0 fully saturated rings. The number of aromatic amines is 1. The van der Waals surface area contributed by atoms with Crippen LogP contribution in [0.2, 0.25) is 0 Å². The smallest absolute Gasteiger partial charge is 0.328 e. The highest BCUT2D eigenvalue weighted by Crippen LogP contribution is 2.23. The number of carboxylic acids is 1. The summed E-state index contributed by atoms with van der Waals surface area (Å²) in [5.41, 5.74) is 0.871. The number of carbonyl (C=O) groups excluding carboxylic acids is 1. The van der Waals surface area contributed by atoms with Crippen LogP contribution < -0.4 is 5.32 Å². The van der Waals surface area contributed by atoms with Gasteiger partial charge in [-0.15, -0.1) is 11.3 Å². The largest absolute Gasteiger partial charge is 0.478 e. The van der Waals surface area contributed by atoms with Gasteiger partial charge in [-0.05, 0) is 24.6 Å². The van der Waals surface area contributed by atoms with E-state index in [4.69, 9.17) is 5.11 Å². The number of H-pyrrole nitrogens is 1. The van der Waals surface area contributed by atoms with Gasteiger partial charge in [-0.2, -0.15) is 0 Å². The van der Waals surface area contributed by atoms with E-state index >= 15 is 0 Å². The van der Waals surface area contributed by atoms with Crippen LogP contribution in [0.4, 0.5) is 0 Å². The van der Waals surface area contributed by atoms with Gasteiger partial charge < -0.3 is 15.4 Å². The minimum absolute atomic E-state index is 0.204. The van der Waals surface area contributed by atoms with Crippen molar-refractivity contribution in [3.8, 4) is 0 Å². The number of nitrogens with zero attached hydrogens (tertiary/aromatic N) is 1. The third kappa shape index (κ3) is 3.55. The fourth-order valence-electron chi connectivity index (χ4n) is 1.57. The number of amides is 1. The van der Waals surface area contributed by atoms with Crippen LogP contribution in [-0.4, -0.2) is 27.0 Å². The predicted molar refractivity (Wildman–Crippen MR) is 75.5 cm³/mol. The van der Waals surface area contributed by atoms with Crippen LogP contribution in [0.3, 0.4) is 0 Å². The molecule has 0 unspecified atom stereocenters. The summed E-state index contributed by atoms with van der Waals surface area (Å²) in [5.74, 6) is -0.538. The number of thiophene rings is 1. The van der Waals surface area contributed by atoms with Gasteiger partial charge in [0.25, 0.3) is 5.91 Å². The number of aliphatic carboxylic acids is 1. The quantitative estimate of drug-likeness (QED) is 0.732. The molecule has 1 amide bonds. The molecule has 2 heterocycles. The Labute approximate surface area is 119 Å². The van der Waals surface area contributed by atoms with Crippen LogP contribution >= 0.6 is 11.3 Å². The van der Waals surface area contributed by atoms with Gasteiger partial charge in [0.2, 0.25) is 0 Å². The Morgan fingerprint density at radius 1 is 1.55 bits per heavy atom. The molecule has 0 radical (unpaired) electrons. The van der Waals surface area contributed by atoms with E-state index in [-0.39, 0.29) is 5.91 Å². The molecule has 2 aromatic heterocycles. The van der Waals surface area contributed by atoms with Crippen LogP contribution in [0.25, 0.3) is 6.08 Å². The molecule has 2 rings (SSSR count). The van der Waals surface area contributed by atoms with Gasteiger partial charge in [0.15, 0.2) is 0 Å². The summed E-state index contributed by atoms with van der Waals surface area (Å²) in [5, 5.41) is 11.3. The first-order valence-electron chi connectivity index (χ1n) is 5.84. The summed E-state index contributed by atoms with van der Waals surface area (Å²) >= 11 is 1.25. The Kier molecular flexibility index (Phi) is 4.31. The van der Waals surface area contributed by atoms with E-state index < -0.39 is 5.97 Å². The van der Waals surface area contributed by atoms with Crippen molar-refractivity contribution in [2.24, 2.45) is 0 Å². The second-order valence-electron chi connectivity index (χ2n) is 4.05. The zero-order valence-corrected chi connectivity index (χ0v) is 11.5. The second kappa shape index (κ2) is 6.16. The lowest BCUT2D eigenvalue weighted by Crippen LogP contribution is -2.22. The third-order valence-corrected chi connectivity index (χ3v) is 3.73. The fourth-order valence-corrected chi connectivity index (χ4v) is 2.56. The Bertz CT molecular complexity index is 644. The van der Waals surface area contributed by atoms with Crippen molar-refractivity contribution in [2.45, 2.75) is 13.5 Å². The molecule has 20 heavy (non-hydrogen) atoms. The summed E-state index contributed by atoms with van der Waals surface area (Å²) in [6.07, 6.45) is 5.85. The second-order valence-corrected chi connectivity index (χ2v) is 5.13. The first kappa shape index (κ1) is 14.0. The number of rotatable bonds is 5. The maximum atomic E-state index is 12.0. The Hall–Kier alpha value is -2.41. The average molecular weight is 291 g/mol. The zero-order valence-electron chi connectivity index (χ0n) is 10.7. The van der Waals surface area contributed by atoms with Crippen molar-refractivity contribution in [2.75, 3.05) is 0 Å². The first-order chi connectivity index (χ1) is 9.56. The van der Waals surface area contributed by atoms with Crippen molar-refractivity contribution >= 4 is 29.3 Å². The molecule has 7 heteroatoms. The first-order valence-corrected chi connectivity index (χ1v) is 6.66. The van der Waals surface area contributed by atoms with Gasteiger partial charge in [0.1, 0.15) is 5.82 Å². The molecule has 0 atom stereocenters. The number of aromatic nitrogens is 2.